The van der Waals surface area contributed by atoms with Crippen LogP contribution in [0.25, 0.3) is 0 Å². The number of hydrogen-bond acceptors (Lipinski definition) is 3. The van der Waals surface area contributed by atoms with Crippen molar-refractivity contribution in [2.24, 2.45) is 0 Å². The third-order valence-electron chi connectivity index (χ3n) is 2.47. The summed E-state index contributed by atoms with van der Waals surface area (Å²) in [6, 6.07) is 0.00547. The van der Waals surface area contributed by atoms with E-state index in [9.17, 15) is 9.18 Å². The van der Waals surface area contributed by atoms with Gasteiger partial charge in [-0.15, -0.1) is 5.10 Å². The van der Waals surface area contributed by atoms with E-state index in [1.165, 1.54) is 4.68 Å². The molecule has 0 aromatic carbocycles. The van der Waals surface area contributed by atoms with E-state index < -0.39 is 6.17 Å². The standard InChI is InChI=1S/C9H12FN3O/c1-3-7(14)8-11-9-6(10)4-5(2)13(9)12-8/h5-6H,3-4H2,1-2H3/t5-,6+/m0/s1. The molecule has 0 amide bonds. The highest BCUT2D eigenvalue weighted by Gasteiger charge is 2.32. The van der Waals surface area contributed by atoms with Crippen LogP contribution >= 0.6 is 0 Å². The summed E-state index contributed by atoms with van der Waals surface area (Å²) in [5.74, 6) is 0.317. The van der Waals surface area contributed by atoms with Crippen molar-refractivity contribution in [3.8, 4) is 0 Å². The minimum Gasteiger partial charge on any atom is -0.291 e. The number of rotatable bonds is 2. The number of nitrogens with zero attached hydrogens (tertiary/aromatic N) is 3. The Balaban J connectivity index is 2.38. The summed E-state index contributed by atoms with van der Waals surface area (Å²) < 4.78 is 14.8. The third kappa shape index (κ3) is 1.23. The summed E-state index contributed by atoms with van der Waals surface area (Å²) in [5.41, 5.74) is 0. The highest BCUT2D eigenvalue weighted by molar-refractivity contribution is 5.92. The van der Waals surface area contributed by atoms with Crippen LogP contribution < -0.4 is 0 Å². The van der Waals surface area contributed by atoms with Gasteiger partial charge in [-0.2, -0.15) is 0 Å². The number of fused-ring (bicyclic) bond motifs is 1. The van der Waals surface area contributed by atoms with Gasteiger partial charge in [0.05, 0.1) is 6.04 Å². The maximum atomic E-state index is 13.3. The predicted molar refractivity (Wildman–Crippen MR) is 47.8 cm³/mol. The first-order chi connectivity index (χ1) is 6.63. The minimum absolute atomic E-state index is 0.00547. The van der Waals surface area contributed by atoms with Crippen LogP contribution in [0.4, 0.5) is 4.39 Å². The molecule has 1 aliphatic rings. The van der Waals surface area contributed by atoms with Gasteiger partial charge in [-0.05, 0) is 6.92 Å². The summed E-state index contributed by atoms with van der Waals surface area (Å²) in [6.45, 7) is 3.61. The molecule has 2 atom stereocenters. The molecule has 0 saturated carbocycles. The highest BCUT2D eigenvalue weighted by Crippen LogP contribution is 2.34. The van der Waals surface area contributed by atoms with E-state index in [4.69, 9.17) is 0 Å². The Morgan fingerprint density at radius 2 is 2.43 bits per heavy atom. The van der Waals surface area contributed by atoms with Gasteiger partial charge in [0.2, 0.25) is 11.6 Å². The molecule has 2 heterocycles. The molecule has 0 N–H and O–H groups in total. The predicted octanol–water partition coefficient (Wildman–Crippen LogP) is 1.85. The molecule has 0 fully saturated rings. The van der Waals surface area contributed by atoms with Crippen LogP contribution in [0.2, 0.25) is 0 Å². The lowest BCUT2D eigenvalue weighted by molar-refractivity contribution is 0.0977. The van der Waals surface area contributed by atoms with Crippen molar-refractivity contribution in [3.63, 3.8) is 0 Å². The molecule has 0 bridgehead atoms. The Hall–Kier alpha value is -1.26. The van der Waals surface area contributed by atoms with Crippen molar-refractivity contribution in [2.45, 2.75) is 38.9 Å². The van der Waals surface area contributed by atoms with Crippen LogP contribution in [0.1, 0.15) is 55.3 Å². The molecule has 14 heavy (non-hydrogen) atoms. The number of carbonyl (C=O) groups excluding carboxylic acids is 1. The van der Waals surface area contributed by atoms with Gasteiger partial charge < -0.3 is 0 Å². The van der Waals surface area contributed by atoms with E-state index >= 15 is 0 Å². The fourth-order valence-corrected chi connectivity index (χ4v) is 1.65. The SMILES string of the molecule is CCC(=O)c1nc2n(n1)[C@@H](C)C[C@H]2F. The van der Waals surface area contributed by atoms with Gasteiger partial charge >= 0.3 is 0 Å². The fourth-order valence-electron chi connectivity index (χ4n) is 1.65. The molecule has 5 heteroatoms. The van der Waals surface area contributed by atoms with Crippen LogP contribution in [0.3, 0.4) is 0 Å². The molecule has 0 spiro atoms. The van der Waals surface area contributed by atoms with Gasteiger partial charge in [0, 0.05) is 12.8 Å². The first kappa shape index (κ1) is 9.30. The van der Waals surface area contributed by atoms with Crippen molar-refractivity contribution in [1.29, 1.82) is 0 Å². The molecule has 1 aromatic rings. The molecule has 2 rings (SSSR count). The number of alkyl halides is 1. The molecule has 4 nitrogen and oxygen atoms in total. The molecular weight excluding hydrogens is 185 g/mol. The number of Topliss-reactive ketones (excluding diaryl/α,β-unsaturated/α-hetero) is 1. The smallest absolute Gasteiger partial charge is 0.217 e. The lowest BCUT2D eigenvalue weighted by Gasteiger charge is -2.00. The number of halogens is 1. The van der Waals surface area contributed by atoms with E-state index in [-0.39, 0.29) is 17.6 Å². The summed E-state index contributed by atoms with van der Waals surface area (Å²) in [5, 5.41) is 4.01. The molecule has 76 valence electrons. The van der Waals surface area contributed by atoms with Crippen molar-refractivity contribution in [2.75, 3.05) is 0 Å². The molecule has 1 aromatic heterocycles. The lowest BCUT2D eigenvalue weighted by atomic mass is 10.2. The van der Waals surface area contributed by atoms with Gasteiger partial charge in [0.15, 0.2) is 12.0 Å². The quantitative estimate of drug-likeness (QED) is 0.680. The Morgan fingerprint density at radius 3 is 3.00 bits per heavy atom. The summed E-state index contributed by atoms with van der Waals surface area (Å²) in [6.07, 6.45) is -0.305. The van der Waals surface area contributed by atoms with Gasteiger partial charge in [-0.3, -0.25) is 4.79 Å². The summed E-state index contributed by atoms with van der Waals surface area (Å²) >= 11 is 0. The monoisotopic (exact) mass is 197 g/mol. The number of hydrogen-bond donors (Lipinski definition) is 0. The first-order valence-corrected chi connectivity index (χ1v) is 4.77. The Morgan fingerprint density at radius 1 is 1.71 bits per heavy atom. The third-order valence-corrected chi connectivity index (χ3v) is 2.47. The Kier molecular flexibility index (Phi) is 2.09. The largest absolute Gasteiger partial charge is 0.291 e. The van der Waals surface area contributed by atoms with E-state index in [1.54, 1.807) is 6.92 Å². The van der Waals surface area contributed by atoms with Gasteiger partial charge in [-0.1, -0.05) is 6.92 Å². The molecule has 1 aliphatic heterocycles. The van der Waals surface area contributed by atoms with E-state index in [1.807, 2.05) is 6.92 Å². The molecule has 0 saturated heterocycles. The zero-order valence-corrected chi connectivity index (χ0v) is 8.20. The normalized spacial score (nSPS) is 25.1. The first-order valence-electron chi connectivity index (χ1n) is 4.77. The topological polar surface area (TPSA) is 47.8 Å². The number of carbonyl (C=O) groups is 1. The van der Waals surface area contributed by atoms with Crippen LogP contribution in [0.15, 0.2) is 0 Å². The van der Waals surface area contributed by atoms with Crippen LogP contribution in [0, 0.1) is 0 Å². The van der Waals surface area contributed by atoms with E-state index in [2.05, 4.69) is 10.1 Å². The van der Waals surface area contributed by atoms with E-state index in [0.717, 1.165) is 0 Å². The van der Waals surface area contributed by atoms with Crippen molar-refractivity contribution in [3.05, 3.63) is 11.6 Å². The lowest BCUT2D eigenvalue weighted by Crippen LogP contribution is -2.05. The average molecular weight is 197 g/mol. The number of aromatic nitrogens is 3. The van der Waals surface area contributed by atoms with Crippen molar-refractivity contribution in [1.82, 2.24) is 14.8 Å². The number of ketones is 1. The molecule has 0 aliphatic carbocycles. The second-order valence-electron chi connectivity index (χ2n) is 3.57. The maximum Gasteiger partial charge on any atom is 0.217 e. The Labute approximate surface area is 81.1 Å². The van der Waals surface area contributed by atoms with Crippen molar-refractivity contribution < 1.29 is 9.18 Å². The van der Waals surface area contributed by atoms with Crippen LogP contribution in [-0.2, 0) is 0 Å². The summed E-state index contributed by atoms with van der Waals surface area (Å²) in [7, 11) is 0. The van der Waals surface area contributed by atoms with Crippen LogP contribution in [0.5, 0.6) is 0 Å². The molecule has 0 radical (unpaired) electrons. The van der Waals surface area contributed by atoms with Crippen molar-refractivity contribution >= 4 is 5.78 Å². The van der Waals surface area contributed by atoms with Gasteiger partial charge in [0.1, 0.15) is 0 Å². The average Bonchev–Trinajstić information content (AvgIpc) is 2.69. The zero-order chi connectivity index (χ0) is 10.3. The van der Waals surface area contributed by atoms with Crippen LogP contribution in [-0.4, -0.2) is 20.5 Å². The Bertz CT molecular complexity index is 349. The second-order valence-corrected chi connectivity index (χ2v) is 3.57. The molecule has 0 unspecified atom stereocenters. The minimum atomic E-state index is -1.07. The fraction of sp³-hybridized carbons (Fsp3) is 0.667. The highest BCUT2D eigenvalue weighted by atomic mass is 19.1. The maximum absolute atomic E-state index is 13.3. The van der Waals surface area contributed by atoms with Gasteiger partial charge in [-0.25, -0.2) is 14.1 Å². The van der Waals surface area contributed by atoms with Gasteiger partial charge in [0.25, 0.3) is 0 Å². The molecular formula is C9H12FN3O. The zero-order valence-electron chi connectivity index (χ0n) is 8.20. The van der Waals surface area contributed by atoms with E-state index in [0.29, 0.717) is 18.7 Å². The summed E-state index contributed by atoms with van der Waals surface area (Å²) in [4.78, 5) is 15.2. The second kappa shape index (κ2) is 3.15.